The lowest BCUT2D eigenvalue weighted by atomic mass is 9.78. The summed E-state index contributed by atoms with van der Waals surface area (Å²) in [7, 11) is 1.60. The summed E-state index contributed by atoms with van der Waals surface area (Å²) >= 11 is 0. The lowest BCUT2D eigenvalue weighted by molar-refractivity contribution is -0.144. The van der Waals surface area contributed by atoms with Gasteiger partial charge in [-0.05, 0) is 42.0 Å². The molecule has 1 aromatic rings. The number of ether oxygens (including phenoxy) is 2. The Morgan fingerprint density at radius 2 is 1.92 bits per heavy atom. The number of nitrogens with one attached hydrogen (secondary N) is 1. The maximum Gasteiger partial charge on any atom is 0.331 e. The molecule has 1 amide bonds. The van der Waals surface area contributed by atoms with E-state index in [1.807, 2.05) is 24.3 Å². The molecule has 0 heterocycles. The third-order valence-corrected chi connectivity index (χ3v) is 4.93. The van der Waals surface area contributed by atoms with E-state index in [2.05, 4.69) is 19.2 Å². The first-order chi connectivity index (χ1) is 12.0. The van der Waals surface area contributed by atoms with Gasteiger partial charge in [0.15, 0.2) is 6.61 Å². The van der Waals surface area contributed by atoms with Crippen LogP contribution in [0.5, 0.6) is 5.75 Å². The van der Waals surface area contributed by atoms with E-state index in [9.17, 15) is 9.59 Å². The number of benzene rings is 1. The number of hydrogen-bond donors (Lipinski definition) is 1. The van der Waals surface area contributed by atoms with E-state index in [0.717, 1.165) is 24.2 Å². The molecule has 1 aliphatic carbocycles. The molecule has 1 saturated carbocycles. The van der Waals surface area contributed by atoms with Gasteiger partial charge in [-0.15, -0.1) is 0 Å². The molecule has 0 bridgehead atoms. The molecule has 1 aromatic carbocycles. The molecule has 1 N–H and O–H groups in total. The molecule has 0 aliphatic heterocycles. The Labute approximate surface area is 149 Å². The molecule has 2 rings (SSSR count). The Morgan fingerprint density at radius 3 is 2.60 bits per heavy atom. The van der Waals surface area contributed by atoms with Crippen LogP contribution < -0.4 is 10.1 Å². The largest absolute Gasteiger partial charge is 0.497 e. The smallest absolute Gasteiger partial charge is 0.331 e. The van der Waals surface area contributed by atoms with E-state index < -0.39 is 5.97 Å². The van der Waals surface area contributed by atoms with Gasteiger partial charge < -0.3 is 14.8 Å². The highest BCUT2D eigenvalue weighted by Gasteiger charge is 2.28. The number of rotatable bonds is 6. The number of esters is 1. The molecule has 0 aromatic heterocycles. The van der Waals surface area contributed by atoms with Gasteiger partial charge in [0.25, 0.3) is 5.91 Å². The van der Waals surface area contributed by atoms with Crippen LogP contribution in [0, 0.1) is 11.8 Å². The number of carbonyl (C=O) groups excluding carboxylic acids is 2. The van der Waals surface area contributed by atoms with Crippen molar-refractivity contribution in [3.05, 3.63) is 35.9 Å². The topological polar surface area (TPSA) is 64.6 Å². The minimum Gasteiger partial charge on any atom is -0.497 e. The Hall–Kier alpha value is -2.30. The molecule has 1 aliphatic rings. The van der Waals surface area contributed by atoms with Crippen molar-refractivity contribution < 1.29 is 19.1 Å². The molecule has 136 valence electrons. The zero-order chi connectivity index (χ0) is 18.2. The van der Waals surface area contributed by atoms with Gasteiger partial charge in [-0.3, -0.25) is 4.79 Å². The van der Waals surface area contributed by atoms with Crippen molar-refractivity contribution in [3.63, 3.8) is 0 Å². The molecule has 0 unspecified atom stereocenters. The van der Waals surface area contributed by atoms with Crippen molar-refractivity contribution in [1.82, 2.24) is 5.32 Å². The quantitative estimate of drug-likeness (QED) is 0.635. The van der Waals surface area contributed by atoms with Crippen molar-refractivity contribution in [2.75, 3.05) is 13.7 Å². The van der Waals surface area contributed by atoms with E-state index >= 15 is 0 Å². The third-order valence-electron chi connectivity index (χ3n) is 4.93. The van der Waals surface area contributed by atoms with Crippen LogP contribution in [-0.4, -0.2) is 31.6 Å². The second kappa shape index (κ2) is 9.25. The SMILES string of the molecule is COc1ccc(/C=C/C(=O)OCC(=O)N[C@@H]2CCC[C@@H](C)[C@@H]2C)cc1. The summed E-state index contributed by atoms with van der Waals surface area (Å²) in [6.45, 7) is 4.13. The summed E-state index contributed by atoms with van der Waals surface area (Å²) in [5.41, 5.74) is 0.854. The lowest BCUT2D eigenvalue weighted by Crippen LogP contribution is -2.45. The number of methoxy groups -OCH3 is 1. The van der Waals surface area contributed by atoms with E-state index in [0.29, 0.717) is 11.8 Å². The van der Waals surface area contributed by atoms with Crippen molar-refractivity contribution in [2.45, 2.75) is 39.2 Å². The second-order valence-electron chi connectivity index (χ2n) is 6.66. The second-order valence-corrected chi connectivity index (χ2v) is 6.66. The lowest BCUT2D eigenvalue weighted by Gasteiger charge is -2.34. The van der Waals surface area contributed by atoms with Gasteiger partial charge in [0.2, 0.25) is 0 Å². The van der Waals surface area contributed by atoms with Crippen LogP contribution in [-0.2, 0) is 14.3 Å². The monoisotopic (exact) mass is 345 g/mol. The predicted octanol–water partition coefficient (Wildman–Crippen LogP) is 3.19. The summed E-state index contributed by atoms with van der Waals surface area (Å²) in [6.07, 6.45) is 6.28. The standard InChI is InChI=1S/C20H27NO4/c1-14-5-4-6-18(15(14)2)21-19(22)13-25-20(23)12-9-16-7-10-17(24-3)11-8-16/h7-12,14-15,18H,4-6,13H2,1-3H3,(H,21,22)/b12-9+/t14-,15+,18-/m1/s1. The van der Waals surface area contributed by atoms with Crippen molar-refractivity contribution in [1.29, 1.82) is 0 Å². The summed E-state index contributed by atoms with van der Waals surface area (Å²) in [5, 5.41) is 2.99. The predicted molar refractivity (Wildman–Crippen MR) is 97.1 cm³/mol. The van der Waals surface area contributed by atoms with Gasteiger partial charge in [0, 0.05) is 12.1 Å². The molecule has 0 spiro atoms. The highest BCUT2D eigenvalue weighted by molar-refractivity contribution is 5.89. The van der Waals surface area contributed by atoms with Crippen molar-refractivity contribution in [2.24, 2.45) is 11.8 Å². The van der Waals surface area contributed by atoms with Gasteiger partial charge in [-0.2, -0.15) is 0 Å². The molecule has 5 heteroatoms. The molecule has 0 saturated heterocycles. The third kappa shape index (κ3) is 5.93. The first kappa shape index (κ1) is 19.0. The Morgan fingerprint density at radius 1 is 1.20 bits per heavy atom. The van der Waals surface area contributed by atoms with E-state index in [4.69, 9.17) is 9.47 Å². The van der Waals surface area contributed by atoms with Gasteiger partial charge >= 0.3 is 5.97 Å². The maximum absolute atomic E-state index is 12.0. The fourth-order valence-electron chi connectivity index (χ4n) is 3.10. The first-order valence-electron chi connectivity index (χ1n) is 8.78. The van der Waals surface area contributed by atoms with Crippen LogP contribution >= 0.6 is 0 Å². The van der Waals surface area contributed by atoms with Crippen LogP contribution in [0.2, 0.25) is 0 Å². The van der Waals surface area contributed by atoms with Crippen LogP contribution in [0.3, 0.4) is 0 Å². The fraction of sp³-hybridized carbons (Fsp3) is 0.500. The van der Waals surface area contributed by atoms with Gasteiger partial charge in [0.05, 0.1) is 7.11 Å². The molecule has 1 fully saturated rings. The Bertz CT molecular complexity index is 609. The average molecular weight is 345 g/mol. The van der Waals surface area contributed by atoms with Crippen LogP contribution in [0.25, 0.3) is 6.08 Å². The normalized spacial score (nSPS) is 23.2. The zero-order valence-corrected chi connectivity index (χ0v) is 15.2. The fourth-order valence-corrected chi connectivity index (χ4v) is 3.10. The Balaban J connectivity index is 1.75. The van der Waals surface area contributed by atoms with E-state index in [1.165, 1.54) is 12.5 Å². The molecule has 3 atom stereocenters. The van der Waals surface area contributed by atoms with Gasteiger partial charge in [-0.1, -0.05) is 38.8 Å². The summed E-state index contributed by atoms with van der Waals surface area (Å²) in [5.74, 6) is 1.04. The molecule has 0 radical (unpaired) electrons. The van der Waals surface area contributed by atoms with Crippen molar-refractivity contribution >= 4 is 18.0 Å². The Kier molecular flexibility index (Phi) is 7.04. The van der Waals surface area contributed by atoms with Crippen LogP contribution in [0.15, 0.2) is 30.3 Å². The molecule has 25 heavy (non-hydrogen) atoms. The molecule has 5 nitrogen and oxygen atoms in total. The number of amides is 1. The summed E-state index contributed by atoms with van der Waals surface area (Å²) < 4.78 is 10.1. The van der Waals surface area contributed by atoms with Crippen LogP contribution in [0.4, 0.5) is 0 Å². The number of hydrogen-bond acceptors (Lipinski definition) is 4. The summed E-state index contributed by atoms with van der Waals surface area (Å²) in [4.78, 5) is 23.7. The maximum atomic E-state index is 12.0. The highest BCUT2D eigenvalue weighted by atomic mass is 16.5. The summed E-state index contributed by atoms with van der Waals surface area (Å²) in [6, 6.07) is 7.46. The minimum absolute atomic E-state index is 0.171. The van der Waals surface area contributed by atoms with E-state index in [1.54, 1.807) is 13.2 Å². The first-order valence-corrected chi connectivity index (χ1v) is 8.78. The molecular weight excluding hydrogens is 318 g/mol. The molecular formula is C20H27NO4. The van der Waals surface area contributed by atoms with E-state index in [-0.39, 0.29) is 18.6 Å². The van der Waals surface area contributed by atoms with Gasteiger partial charge in [0.1, 0.15) is 5.75 Å². The van der Waals surface area contributed by atoms with Crippen molar-refractivity contribution in [3.8, 4) is 5.75 Å². The highest BCUT2D eigenvalue weighted by Crippen LogP contribution is 2.29. The average Bonchev–Trinajstić information content (AvgIpc) is 2.62. The minimum atomic E-state index is -0.531. The zero-order valence-electron chi connectivity index (χ0n) is 15.2. The van der Waals surface area contributed by atoms with Crippen LogP contribution in [0.1, 0.15) is 38.7 Å². The number of carbonyl (C=O) groups is 2. The van der Waals surface area contributed by atoms with Gasteiger partial charge in [-0.25, -0.2) is 4.79 Å².